The third-order valence-electron chi connectivity index (χ3n) is 5.13. The molecule has 29 heavy (non-hydrogen) atoms. The van der Waals surface area contributed by atoms with Crippen LogP contribution >= 0.6 is 0 Å². The van der Waals surface area contributed by atoms with Gasteiger partial charge in [-0.15, -0.1) is 0 Å². The molecule has 1 unspecified atom stereocenters. The number of hydrogen-bond acceptors (Lipinski definition) is 5. The molecule has 0 saturated carbocycles. The maximum Gasteiger partial charge on any atom is 0.229 e. The molecule has 2 heterocycles. The van der Waals surface area contributed by atoms with Gasteiger partial charge in [-0.1, -0.05) is 13.0 Å². The number of aromatic nitrogens is 2. The van der Waals surface area contributed by atoms with Crippen molar-refractivity contribution in [3.63, 3.8) is 0 Å². The van der Waals surface area contributed by atoms with Crippen molar-refractivity contribution in [2.24, 2.45) is 5.92 Å². The minimum absolute atomic E-state index is 0.0305. The number of carbonyl (C=O) groups excluding carboxylic acids is 2. The van der Waals surface area contributed by atoms with E-state index in [2.05, 4.69) is 20.6 Å². The predicted molar refractivity (Wildman–Crippen MR) is 114 cm³/mol. The SMILES string of the molecule is CCc1ccc(Nc2cc(C)ncn2)cc1NC(=O)C1CC(=O)N(C(C)(C)C)C1. The van der Waals surface area contributed by atoms with Gasteiger partial charge in [0.25, 0.3) is 0 Å². The van der Waals surface area contributed by atoms with Crippen LogP contribution < -0.4 is 10.6 Å². The van der Waals surface area contributed by atoms with Gasteiger partial charge in [0.2, 0.25) is 11.8 Å². The van der Waals surface area contributed by atoms with E-state index in [4.69, 9.17) is 0 Å². The third-order valence-corrected chi connectivity index (χ3v) is 5.13. The Labute approximate surface area is 171 Å². The Morgan fingerprint density at radius 3 is 2.62 bits per heavy atom. The molecule has 2 aromatic rings. The summed E-state index contributed by atoms with van der Waals surface area (Å²) >= 11 is 0. The number of likely N-dealkylation sites (tertiary alicyclic amines) is 1. The maximum atomic E-state index is 12.9. The summed E-state index contributed by atoms with van der Waals surface area (Å²) in [5, 5.41) is 6.29. The molecule has 154 valence electrons. The van der Waals surface area contributed by atoms with Crippen molar-refractivity contribution in [3.8, 4) is 0 Å². The van der Waals surface area contributed by atoms with Gasteiger partial charge in [0.05, 0.1) is 5.92 Å². The van der Waals surface area contributed by atoms with Crippen LogP contribution in [0.5, 0.6) is 0 Å². The average molecular weight is 396 g/mol. The molecule has 2 amide bonds. The smallest absolute Gasteiger partial charge is 0.229 e. The zero-order valence-electron chi connectivity index (χ0n) is 17.7. The van der Waals surface area contributed by atoms with Gasteiger partial charge in [-0.3, -0.25) is 9.59 Å². The number of benzene rings is 1. The van der Waals surface area contributed by atoms with Gasteiger partial charge >= 0.3 is 0 Å². The summed E-state index contributed by atoms with van der Waals surface area (Å²) in [6.45, 7) is 10.4. The van der Waals surface area contributed by atoms with Gasteiger partial charge in [0.1, 0.15) is 12.1 Å². The van der Waals surface area contributed by atoms with E-state index in [0.717, 1.165) is 29.1 Å². The monoisotopic (exact) mass is 395 g/mol. The van der Waals surface area contributed by atoms with Crippen LogP contribution in [0.15, 0.2) is 30.6 Å². The lowest BCUT2D eigenvalue weighted by molar-refractivity contribution is -0.131. The Bertz CT molecular complexity index is 920. The molecule has 0 radical (unpaired) electrons. The van der Waals surface area contributed by atoms with Crippen LogP contribution in [0.4, 0.5) is 17.2 Å². The normalized spacial score (nSPS) is 16.8. The second-order valence-corrected chi connectivity index (χ2v) is 8.46. The Balaban J connectivity index is 1.76. The first kappa shape index (κ1) is 20.8. The van der Waals surface area contributed by atoms with Gasteiger partial charge in [-0.25, -0.2) is 9.97 Å². The Morgan fingerprint density at radius 1 is 1.24 bits per heavy atom. The molecule has 1 aromatic carbocycles. The molecule has 0 aliphatic carbocycles. The molecule has 1 aliphatic rings. The van der Waals surface area contributed by atoms with Crippen LogP contribution in [0.25, 0.3) is 0 Å². The summed E-state index contributed by atoms with van der Waals surface area (Å²) in [5.41, 5.74) is 3.22. The highest BCUT2D eigenvalue weighted by Gasteiger charge is 2.39. The molecule has 1 fully saturated rings. The zero-order valence-corrected chi connectivity index (χ0v) is 17.7. The molecule has 0 spiro atoms. The van der Waals surface area contributed by atoms with Gasteiger partial charge in [-0.05, 0) is 51.8 Å². The van der Waals surface area contributed by atoms with Crippen molar-refractivity contribution < 1.29 is 9.59 Å². The van der Waals surface area contributed by atoms with E-state index in [9.17, 15) is 9.59 Å². The lowest BCUT2D eigenvalue weighted by atomic mass is 10.1. The number of aryl methyl sites for hydroxylation is 2. The van der Waals surface area contributed by atoms with Crippen LogP contribution in [0, 0.1) is 12.8 Å². The third kappa shape index (κ3) is 4.91. The van der Waals surface area contributed by atoms with Gasteiger partial charge < -0.3 is 15.5 Å². The average Bonchev–Trinajstić information content (AvgIpc) is 3.04. The molecule has 7 nitrogen and oxygen atoms in total. The zero-order chi connectivity index (χ0) is 21.2. The Kier molecular flexibility index (Phi) is 5.86. The first-order valence-corrected chi connectivity index (χ1v) is 9.97. The molecule has 1 saturated heterocycles. The molecule has 2 N–H and O–H groups in total. The first-order valence-electron chi connectivity index (χ1n) is 9.97. The summed E-state index contributed by atoms with van der Waals surface area (Å²) in [6, 6.07) is 7.73. The van der Waals surface area contributed by atoms with Crippen molar-refractivity contribution in [2.75, 3.05) is 17.2 Å². The van der Waals surface area contributed by atoms with Crippen LogP contribution in [-0.4, -0.2) is 38.8 Å². The molecule has 1 aliphatic heterocycles. The van der Waals surface area contributed by atoms with E-state index in [1.807, 2.05) is 58.9 Å². The van der Waals surface area contributed by atoms with Crippen molar-refractivity contribution in [1.29, 1.82) is 0 Å². The largest absolute Gasteiger partial charge is 0.340 e. The van der Waals surface area contributed by atoms with Crippen LogP contribution in [0.1, 0.15) is 45.4 Å². The second-order valence-electron chi connectivity index (χ2n) is 8.46. The van der Waals surface area contributed by atoms with Gasteiger partial charge in [0.15, 0.2) is 0 Å². The fraction of sp³-hybridized carbons (Fsp3) is 0.455. The van der Waals surface area contributed by atoms with Crippen molar-refractivity contribution in [3.05, 3.63) is 41.9 Å². The maximum absolute atomic E-state index is 12.9. The number of rotatable bonds is 5. The number of anilines is 3. The molecule has 1 aromatic heterocycles. The topological polar surface area (TPSA) is 87.2 Å². The predicted octanol–water partition coefficient (Wildman–Crippen LogP) is 3.68. The number of hydrogen-bond donors (Lipinski definition) is 2. The molecular weight excluding hydrogens is 366 g/mol. The molecule has 1 atom stereocenters. The number of nitrogens with one attached hydrogen (secondary N) is 2. The standard InChI is InChI=1S/C22H29N5O2/c1-6-15-7-8-17(25-19-9-14(2)23-13-24-19)11-18(15)26-21(29)16-10-20(28)27(12-16)22(3,4)5/h7-9,11,13,16H,6,10,12H2,1-5H3,(H,26,29)(H,23,24,25). The number of carbonyl (C=O) groups is 2. The highest BCUT2D eigenvalue weighted by atomic mass is 16.2. The van der Waals surface area contributed by atoms with E-state index in [1.54, 1.807) is 4.90 Å². The fourth-order valence-electron chi connectivity index (χ4n) is 3.52. The summed E-state index contributed by atoms with van der Waals surface area (Å²) in [4.78, 5) is 35.3. The first-order chi connectivity index (χ1) is 13.7. The number of amides is 2. The minimum Gasteiger partial charge on any atom is -0.340 e. The van der Waals surface area contributed by atoms with Crippen molar-refractivity contribution in [2.45, 2.75) is 53.0 Å². The minimum atomic E-state index is -0.340. The Morgan fingerprint density at radius 2 is 2.00 bits per heavy atom. The summed E-state index contributed by atoms with van der Waals surface area (Å²) in [7, 11) is 0. The highest BCUT2D eigenvalue weighted by molar-refractivity contribution is 5.98. The van der Waals surface area contributed by atoms with Crippen LogP contribution in [-0.2, 0) is 16.0 Å². The van der Waals surface area contributed by atoms with Crippen LogP contribution in [0.2, 0.25) is 0 Å². The molecule has 3 rings (SSSR count). The van der Waals surface area contributed by atoms with Gasteiger partial charge in [-0.2, -0.15) is 0 Å². The second kappa shape index (κ2) is 8.19. The van der Waals surface area contributed by atoms with E-state index in [0.29, 0.717) is 12.4 Å². The number of nitrogens with zero attached hydrogens (tertiary/aromatic N) is 3. The quantitative estimate of drug-likeness (QED) is 0.806. The van der Waals surface area contributed by atoms with Crippen molar-refractivity contribution >= 4 is 29.0 Å². The van der Waals surface area contributed by atoms with Crippen molar-refractivity contribution in [1.82, 2.24) is 14.9 Å². The van der Waals surface area contributed by atoms with Gasteiger partial charge in [0, 0.05) is 41.6 Å². The lowest BCUT2D eigenvalue weighted by Gasteiger charge is -2.32. The summed E-state index contributed by atoms with van der Waals surface area (Å²) < 4.78 is 0. The Hall–Kier alpha value is -2.96. The van der Waals surface area contributed by atoms with E-state index < -0.39 is 0 Å². The van der Waals surface area contributed by atoms with E-state index >= 15 is 0 Å². The van der Waals surface area contributed by atoms with Crippen LogP contribution in [0.3, 0.4) is 0 Å². The molecule has 0 bridgehead atoms. The molecular formula is C22H29N5O2. The fourth-order valence-corrected chi connectivity index (χ4v) is 3.52. The lowest BCUT2D eigenvalue weighted by Crippen LogP contribution is -2.42. The summed E-state index contributed by atoms with van der Waals surface area (Å²) in [5.74, 6) is 0.270. The molecule has 7 heteroatoms. The van der Waals surface area contributed by atoms with E-state index in [1.165, 1.54) is 6.33 Å². The van der Waals surface area contributed by atoms with E-state index in [-0.39, 0.29) is 29.7 Å². The summed E-state index contributed by atoms with van der Waals surface area (Å²) in [6.07, 6.45) is 2.56. The highest BCUT2D eigenvalue weighted by Crippen LogP contribution is 2.29.